The molecule has 8 nitrogen and oxygen atoms in total. The van der Waals surface area contributed by atoms with Gasteiger partial charge in [-0.1, -0.05) is 18.2 Å². The molecule has 1 saturated carbocycles. The molecule has 4 rings (SSSR count). The molecule has 1 aliphatic carbocycles. The van der Waals surface area contributed by atoms with E-state index in [1.165, 1.54) is 18.2 Å². The molecule has 1 atom stereocenters. The fourth-order valence-corrected chi connectivity index (χ4v) is 5.57. The zero-order valence-electron chi connectivity index (χ0n) is 23.2. The van der Waals surface area contributed by atoms with Gasteiger partial charge in [-0.05, 0) is 86.9 Å². The highest BCUT2D eigenvalue weighted by molar-refractivity contribution is 5.93. The van der Waals surface area contributed by atoms with Crippen LogP contribution in [0.5, 0.6) is 0 Å². The van der Waals surface area contributed by atoms with Crippen LogP contribution in [0, 0.1) is 19.8 Å². The second kappa shape index (κ2) is 13.1. The van der Waals surface area contributed by atoms with Crippen LogP contribution in [-0.4, -0.2) is 55.7 Å². The summed E-state index contributed by atoms with van der Waals surface area (Å²) in [7, 11) is 1.36. The predicted molar refractivity (Wildman–Crippen MR) is 152 cm³/mol. The first-order valence-electron chi connectivity index (χ1n) is 13.9. The number of alkyl carbamates (subject to hydrolysis) is 1. The van der Waals surface area contributed by atoms with E-state index in [2.05, 4.69) is 63.8 Å². The number of ether oxygens (including phenoxy) is 1. The van der Waals surface area contributed by atoms with Crippen molar-refractivity contribution in [2.24, 2.45) is 5.92 Å². The third-order valence-corrected chi connectivity index (χ3v) is 8.02. The molecule has 2 aromatic rings. The highest BCUT2D eigenvalue weighted by atomic mass is 16.5. The Bertz CT molecular complexity index is 1110. The van der Waals surface area contributed by atoms with Gasteiger partial charge in [-0.2, -0.15) is 0 Å². The molecule has 0 bridgehead atoms. The van der Waals surface area contributed by atoms with Gasteiger partial charge in [0.25, 0.3) is 0 Å². The van der Waals surface area contributed by atoms with E-state index in [9.17, 15) is 9.59 Å². The Hall–Kier alpha value is -3.10. The maximum absolute atomic E-state index is 13.1. The van der Waals surface area contributed by atoms with Crippen LogP contribution in [0.15, 0.2) is 36.4 Å². The summed E-state index contributed by atoms with van der Waals surface area (Å²) in [5, 5.41) is 13.1. The number of hydrogen-bond acceptors (Lipinski definition) is 6. The van der Waals surface area contributed by atoms with E-state index in [0.717, 1.165) is 74.4 Å². The van der Waals surface area contributed by atoms with E-state index >= 15 is 0 Å². The average molecular weight is 522 g/mol. The quantitative estimate of drug-likeness (QED) is 0.407. The fraction of sp³-hybridized carbons (Fsp3) is 0.533. The maximum Gasteiger partial charge on any atom is 0.407 e. The van der Waals surface area contributed by atoms with Crippen molar-refractivity contribution in [2.75, 3.05) is 37.4 Å². The van der Waals surface area contributed by atoms with Crippen LogP contribution in [0.3, 0.4) is 0 Å². The monoisotopic (exact) mass is 521 g/mol. The van der Waals surface area contributed by atoms with Crippen molar-refractivity contribution in [3.05, 3.63) is 58.7 Å². The topological polar surface area (TPSA) is 94.7 Å². The van der Waals surface area contributed by atoms with E-state index in [1.54, 1.807) is 0 Å². The lowest BCUT2D eigenvalue weighted by atomic mass is 9.85. The minimum Gasteiger partial charge on any atom is -0.453 e. The molecule has 8 heteroatoms. The van der Waals surface area contributed by atoms with Gasteiger partial charge in [-0.3, -0.25) is 9.69 Å². The predicted octanol–water partition coefficient (Wildman–Crippen LogP) is 4.56. The van der Waals surface area contributed by atoms with Crippen LogP contribution < -0.4 is 21.3 Å². The highest BCUT2D eigenvalue weighted by Crippen LogP contribution is 2.30. The van der Waals surface area contributed by atoms with Gasteiger partial charge >= 0.3 is 6.09 Å². The summed E-state index contributed by atoms with van der Waals surface area (Å²) in [5.41, 5.74) is 6.74. The summed E-state index contributed by atoms with van der Waals surface area (Å²) < 4.78 is 4.64. The Morgan fingerprint density at radius 1 is 1.08 bits per heavy atom. The molecule has 2 fully saturated rings. The molecule has 1 aliphatic heterocycles. The molecular formula is C30H43N5O3. The summed E-state index contributed by atoms with van der Waals surface area (Å²) >= 11 is 0. The second-order valence-corrected chi connectivity index (χ2v) is 10.8. The Balaban J connectivity index is 1.26. The number of anilines is 2. The zero-order chi connectivity index (χ0) is 27.1. The van der Waals surface area contributed by atoms with Gasteiger partial charge in [0.2, 0.25) is 5.91 Å². The summed E-state index contributed by atoms with van der Waals surface area (Å²) in [4.78, 5) is 27.0. The number of benzene rings is 2. The number of amides is 2. The van der Waals surface area contributed by atoms with Crippen LogP contribution in [-0.2, 0) is 22.6 Å². The van der Waals surface area contributed by atoms with Crippen molar-refractivity contribution in [2.45, 2.75) is 71.6 Å². The lowest BCUT2D eigenvalue weighted by molar-refractivity contribution is -0.120. The average Bonchev–Trinajstić information content (AvgIpc) is 2.92. The molecule has 4 N–H and O–H groups in total. The Morgan fingerprint density at radius 3 is 2.61 bits per heavy atom. The third kappa shape index (κ3) is 7.48. The Morgan fingerprint density at radius 2 is 1.87 bits per heavy atom. The number of piperazine rings is 1. The molecule has 0 radical (unpaired) electrons. The lowest BCUT2D eigenvalue weighted by Gasteiger charge is -2.32. The number of carbonyl (C=O) groups excluding carboxylic acids is 2. The van der Waals surface area contributed by atoms with E-state index in [-0.39, 0.29) is 11.8 Å². The van der Waals surface area contributed by atoms with Crippen LogP contribution >= 0.6 is 0 Å². The van der Waals surface area contributed by atoms with E-state index in [1.807, 2.05) is 24.3 Å². The van der Waals surface area contributed by atoms with Gasteiger partial charge in [0.15, 0.2) is 0 Å². The molecule has 2 aromatic carbocycles. The maximum atomic E-state index is 13.1. The summed E-state index contributed by atoms with van der Waals surface area (Å²) in [6, 6.07) is 13.2. The number of hydrogen-bond donors (Lipinski definition) is 4. The molecule has 2 aliphatic rings. The minimum absolute atomic E-state index is 0.0327. The first-order chi connectivity index (χ1) is 18.3. The van der Waals surface area contributed by atoms with Crippen molar-refractivity contribution in [3.8, 4) is 0 Å². The number of methoxy groups -OCH3 is 1. The van der Waals surface area contributed by atoms with Crippen molar-refractivity contribution < 1.29 is 14.3 Å². The summed E-state index contributed by atoms with van der Waals surface area (Å²) in [6.07, 6.45) is 3.19. The lowest BCUT2D eigenvalue weighted by Crippen LogP contribution is -2.48. The molecular weight excluding hydrogens is 478 g/mol. The molecule has 206 valence electrons. The number of rotatable bonds is 8. The first kappa shape index (κ1) is 27.9. The molecule has 1 saturated heterocycles. The van der Waals surface area contributed by atoms with Crippen LogP contribution in [0.2, 0.25) is 0 Å². The van der Waals surface area contributed by atoms with E-state index in [4.69, 9.17) is 0 Å². The van der Waals surface area contributed by atoms with Crippen LogP contribution in [0.4, 0.5) is 16.2 Å². The molecule has 0 unspecified atom stereocenters. The Kier molecular flexibility index (Phi) is 9.63. The van der Waals surface area contributed by atoms with Crippen molar-refractivity contribution in [1.82, 2.24) is 15.5 Å². The molecule has 1 heterocycles. The Labute approximate surface area is 226 Å². The second-order valence-electron chi connectivity index (χ2n) is 10.8. The molecule has 38 heavy (non-hydrogen) atoms. The largest absolute Gasteiger partial charge is 0.453 e. The van der Waals surface area contributed by atoms with E-state index < -0.39 is 6.09 Å². The molecule has 0 aromatic heterocycles. The van der Waals surface area contributed by atoms with Gasteiger partial charge in [0.1, 0.15) is 0 Å². The van der Waals surface area contributed by atoms with Crippen LogP contribution in [0.25, 0.3) is 0 Å². The summed E-state index contributed by atoms with van der Waals surface area (Å²) in [6.45, 7) is 11.1. The fourth-order valence-electron chi connectivity index (χ4n) is 5.57. The van der Waals surface area contributed by atoms with Crippen LogP contribution in [0.1, 0.15) is 54.9 Å². The number of carbonyl (C=O) groups is 2. The van der Waals surface area contributed by atoms with Crippen molar-refractivity contribution in [1.29, 1.82) is 0 Å². The van der Waals surface area contributed by atoms with Gasteiger partial charge in [0, 0.05) is 62.1 Å². The standard InChI is InChI=1S/C30H43N5O3/c1-20-18-35(15-14-31-20)19-25-10-13-28(22(3)21(25)2)34-29(36)24-8-11-26(12-9-24)33-27-7-5-6-23(16-27)17-32-30(37)38-4/h5-7,10,13,16,20,24,26,31,33H,8-9,11-12,14-15,17-19H2,1-4H3,(H,32,37)(H,34,36)/t20-,24?,26?/m0/s1. The summed E-state index contributed by atoms with van der Waals surface area (Å²) in [5.74, 6) is 0.163. The zero-order valence-corrected chi connectivity index (χ0v) is 23.2. The smallest absolute Gasteiger partial charge is 0.407 e. The molecule has 2 amide bonds. The van der Waals surface area contributed by atoms with Gasteiger partial charge in [-0.25, -0.2) is 4.79 Å². The highest BCUT2D eigenvalue weighted by Gasteiger charge is 2.27. The number of nitrogens with zero attached hydrogens (tertiary/aromatic N) is 1. The first-order valence-corrected chi connectivity index (χ1v) is 13.9. The molecule has 0 spiro atoms. The SMILES string of the molecule is COC(=O)NCc1cccc(NC2CCC(C(=O)Nc3ccc(CN4CCN[C@@H](C)C4)c(C)c3C)CC2)c1. The number of nitrogens with one attached hydrogen (secondary N) is 4. The van der Waals surface area contributed by atoms with Gasteiger partial charge < -0.3 is 26.0 Å². The van der Waals surface area contributed by atoms with Gasteiger partial charge in [-0.15, -0.1) is 0 Å². The van der Waals surface area contributed by atoms with Crippen molar-refractivity contribution in [3.63, 3.8) is 0 Å². The normalized spacial score (nSPS) is 21.9. The van der Waals surface area contributed by atoms with Gasteiger partial charge in [0.05, 0.1) is 7.11 Å². The van der Waals surface area contributed by atoms with Crippen molar-refractivity contribution >= 4 is 23.4 Å². The minimum atomic E-state index is -0.439. The van der Waals surface area contributed by atoms with E-state index in [0.29, 0.717) is 18.6 Å². The third-order valence-electron chi connectivity index (χ3n) is 8.02.